The monoisotopic (exact) mass is 284 g/mol. The van der Waals surface area contributed by atoms with Gasteiger partial charge in [-0.3, -0.25) is 0 Å². The molecule has 0 bridgehead atoms. The second-order valence-electron chi connectivity index (χ2n) is 8.04. The maximum atomic E-state index is 12.1. The lowest BCUT2D eigenvalue weighted by atomic mass is 9.96. The van der Waals surface area contributed by atoms with Crippen LogP contribution in [0.1, 0.15) is 60.8 Å². The molecule has 1 N–H and O–H groups in total. The van der Waals surface area contributed by atoms with Gasteiger partial charge in [0.15, 0.2) is 0 Å². The minimum absolute atomic E-state index is 0.172. The van der Waals surface area contributed by atoms with E-state index in [-0.39, 0.29) is 6.09 Å². The van der Waals surface area contributed by atoms with Gasteiger partial charge in [0, 0.05) is 25.7 Å². The molecule has 1 heterocycles. The first kappa shape index (κ1) is 17.3. The summed E-state index contributed by atoms with van der Waals surface area (Å²) in [4.78, 5) is 13.9. The summed E-state index contributed by atoms with van der Waals surface area (Å²) in [5.74, 6) is 0. The first-order chi connectivity index (χ1) is 9.07. The number of nitrogens with zero attached hydrogens (tertiary/aromatic N) is 1. The highest BCUT2D eigenvalue weighted by Gasteiger charge is 2.25. The molecule has 0 aromatic rings. The molecule has 0 aromatic carbocycles. The molecule has 4 heteroatoms. The van der Waals surface area contributed by atoms with Crippen LogP contribution in [0.25, 0.3) is 0 Å². The summed E-state index contributed by atoms with van der Waals surface area (Å²) in [6.07, 6.45) is 3.01. The van der Waals surface area contributed by atoms with Crippen molar-refractivity contribution in [3.8, 4) is 0 Å². The third-order valence-electron chi connectivity index (χ3n) is 3.30. The lowest BCUT2D eigenvalue weighted by molar-refractivity contribution is 0.0256. The van der Waals surface area contributed by atoms with Crippen LogP contribution >= 0.6 is 0 Å². The highest BCUT2D eigenvalue weighted by molar-refractivity contribution is 5.68. The average molecular weight is 284 g/mol. The number of amides is 1. The van der Waals surface area contributed by atoms with Gasteiger partial charge in [0.25, 0.3) is 0 Å². The molecule has 1 saturated heterocycles. The van der Waals surface area contributed by atoms with Gasteiger partial charge in [-0.05, 0) is 45.4 Å². The van der Waals surface area contributed by atoms with E-state index in [0.29, 0.717) is 11.5 Å². The van der Waals surface area contributed by atoms with Gasteiger partial charge in [0.05, 0.1) is 0 Å². The van der Waals surface area contributed by atoms with Crippen LogP contribution in [0.2, 0.25) is 0 Å². The van der Waals surface area contributed by atoms with E-state index in [1.54, 1.807) is 0 Å². The molecule has 1 amide bonds. The lowest BCUT2D eigenvalue weighted by Crippen LogP contribution is -2.39. The van der Waals surface area contributed by atoms with Crippen LogP contribution in [0.4, 0.5) is 4.79 Å². The summed E-state index contributed by atoms with van der Waals surface area (Å²) >= 11 is 0. The summed E-state index contributed by atoms with van der Waals surface area (Å²) in [5, 5.41) is 3.63. The molecule has 118 valence electrons. The Morgan fingerprint density at radius 3 is 2.35 bits per heavy atom. The molecule has 1 atom stereocenters. The van der Waals surface area contributed by atoms with Crippen molar-refractivity contribution in [1.29, 1.82) is 0 Å². The van der Waals surface area contributed by atoms with Gasteiger partial charge in [-0.15, -0.1) is 0 Å². The number of rotatable bonds is 2. The molecule has 1 unspecified atom stereocenters. The van der Waals surface area contributed by atoms with Crippen LogP contribution in [0.15, 0.2) is 0 Å². The zero-order valence-electron chi connectivity index (χ0n) is 14.1. The Morgan fingerprint density at radius 1 is 1.15 bits per heavy atom. The fourth-order valence-corrected chi connectivity index (χ4v) is 2.26. The number of nitrogens with one attached hydrogen (secondary N) is 1. The first-order valence-corrected chi connectivity index (χ1v) is 7.78. The van der Waals surface area contributed by atoms with E-state index in [4.69, 9.17) is 4.74 Å². The van der Waals surface area contributed by atoms with Crippen LogP contribution in [0.3, 0.4) is 0 Å². The first-order valence-electron chi connectivity index (χ1n) is 7.78. The SMILES string of the molecule is CC(C)(C)CNC1CCCN(C(=O)OC(C)(C)C)CC1. The third kappa shape index (κ3) is 7.13. The Kier molecular flexibility index (Phi) is 5.87. The number of carbonyl (C=O) groups excluding carboxylic acids is 1. The van der Waals surface area contributed by atoms with Crippen LogP contribution in [0, 0.1) is 5.41 Å². The highest BCUT2D eigenvalue weighted by atomic mass is 16.6. The Labute approximate surface area is 124 Å². The normalized spacial score (nSPS) is 21.5. The van der Waals surface area contributed by atoms with Crippen molar-refractivity contribution in [2.45, 2.75) is 72.4 Å². The van der Waals surface area contributed by atoms with Gasteiger partial charge in [-0.1, -0.05) is 20.8 Å². The van der Waals surface area contributed by atoms with Gasteiger partial charge < -0.3 is 15.0 Å². The van der Waals surface area contributed by atoms with Crippen molar-refractivity contribution in [3.63, 3.8) is 0 Å². The molecule has 0 saturated carbocycles. The Hall–Kier alpha value is -0.770. The number of hydrogen-bond acceptors (Lipinski definition) is 3. The second kappa shape index (κ2) is 6.79. The van der Waals surface area contributed by atoms with Crippen LogP contribution < -0.4 is 5.32 Å². The maximum Gasteiger partial charge on any atom is 0.410 e. The highest BCUT2D eigenvalue weighted by Crippen LogP contribution is 2.17. The molecule has 1 aliphatic rings. The third-order valence-corrected chi connectivity index (χ3v) is 3.30. The molecule has 0 spiro atoms. The van der Waals surface area contributed by atoms with E-state index < -0.39 is 5.60 Å². The lowest BCUT2D eigenvalue weighted by Gasteiger charge is -2.27. The Bertz CT molecular complexity index is 315. The smallest absolute Gasteiger partial charge is 0.410 e. The summed E-state index contributed by atoms with van der Waals surface area (Å²) in [5.41, 5.74) is -0.107. The quantitative estimate of drug-likeness (QED) is 0.845. The number of likely N-dealkylation sites (tertiary alicyclic amines) is 1. The summed E-state index contributed by atoms with van der Waals surface area (Å²) in [7, 11) is 0. The molecule has 20 heavy (non-hydrogen) atoms. The number of ether oxygens (including phenoxy) is 1. The predicted octanol–water partition coefficient (Wildman–Crippen LogP) is 3.41. The molecule has 0 radical (unpaired) electrons. The van der Waals surface area contributed by atoms with E-state index >= 15 is 0 Å². The minimum Gasteiger partial charge on any atom is -0.444 e. The maximum absolute atomic E-state index is 12.1. The van der Waals surface area contributed by atoms with Crippen molar-refractivity contribution < 1.29 is 9.53 Å². The molecular weight excluding hydrogens is 252 g/mol. The molecule has 0 aliphatic carbocycles. The molecule has 1 fully saturated rings. The largest absolute Gasteiger partial charge is 0.444 e. The van der Waals surface area contributed by atoms with Crippen molar-refractivity contribution >= 4 is 6.09 Å². The number of hydrogen-bond donors (Lipinski definition) is 1. The van der Waals surface area contributed by atoms with E-state index in [1.807, 2.05) is 25.7 Å². The fourth-order valence-electron chi connectivity index (χ4n) is 2.26. The Morgan fingerprint density at radius 2 is 1.80 bits per heavy atom. The van der Waals surface area contributed by atoms with Crippen molar-refractivity contribution in [2.24, 2.45) is 5.41 Å². The van der Waals surface area contributed by atoms with Crippen molar-refractivity contribution in [1.82, 2.24) is 10.2 Å². The van der Waals surface area contributed by atoms with Gasteiger partial charge >= 0.3 is 6.09 Å². The molecular formula is C16H32N2O2. The van der Waals surface area contributed by atoms with Crippen LogP contribution in [-0.4, -0.2) is 42.3 Å². The minimum atomic E-state index is -0.409. The second-order valence-corrected chi connectivity index (χ2v) is 8.04. The van der Waals surface area contributed by atoms with Gasteiger partial charge in [-0.25, -0.2) is 4.79 Å². The molecule has 1 aliphatic heterocycles. The number of carbonyl (C=O) groups is 1. The van der Waals surface area contributed by atoms with E-state index in [1.165, 1.54) is 0 Å². The predicted molar refractivity (Wildman–Crippen MR) is 82.9 cm³/mol. The Balaban J connectivity index is 2.41. The van der Waals surface area contributed by atoms with E-state index in [0.717, 1.165) is 38.9 Å². The van der Waals surface area contributed by atoms with E-state index in [2.05, 4.69) is 26.1 Å². The van der Waals surface area contributed by atoms with Gasteiger partial charge in [0.1, 0.15) is 5.60 Å². The average Bonchev–Trinajstić information content (AvgIpc) is 2.48. The molecule has 0 aromatic heterocycles. The molecule has 4 nitrogen and oxygen atoms in total. The summed E-state index contributed by atoms with van der Waals surface area (Å²) in [6, 6.07) is 0.515. The fraction of sp³-hybridized carbons (Fsp3) is 0.938. The topological polar surface area (TPSA) is 41.6 Å². The van der Waals surface area contributed by atoms with Crippen molar-refractivity contribution in [3.05, 3.63) is 0 Å². The van der Waals surface area contributed by atoms with Crippen LogP contribution in [0.5, 0.6) is 0 Å². The van der Waals surface area contributed by atoms with E-state index in [9.17, 15) is 4.79 Å². The van der Waals surface area contributed by atoms with Gasteiger partial charge in [-0.2, -0.15) is 0 Å². The molecule has 1 rings (SSSR count). The zero-order chi connectivity index (χ0) is 15.4. The summed E-state index contributed by atoms with van der Waals surface area (Å²) < 4.78 is 5.45. The van der Waals surface area contributed by atoms with Gasteiger partial charge in [0.2, 0.25) is 0 Å². The standard InChI is InChI=1S/C16H32N2O2/c1-15(2,3)12-17-13-8-7-10-18(11-9-13)14(19)20-16(4,5)6/h13,17H,7-12H2,1-6H3. The summed E-state index contributed by atoms with van der Waals surface area (Å²) in [6.45, 7) is 15.1. The van der Waals surface area contributed by atoms with Crippen LogP contribution in [-0.2, 0) is 4.74 Å². The van der Waals surface area contributed by atoms with Crippen molar-refractivity contribution in [2.75, 3.05) is 19.6 Å². The zero-order valence-corrected chi connectivity index (χ0v) is 14.1.